The third kappa shape index (κ3) is 2.91. The van der Waals surface area contributed by atoms with E-state index in [1.165, 1.54) is 0 Å². The Hall–Kier alpha value is -3.67. The Bertz CT molecular complexity index is 1130. The number of hydrogen-bond acceptors (Lipinski definition) is 4. The molecule has 0 fully saturated rings. The zero-order valence-electron chi connectivity index (χ0n) is 14.6. The van der Waals surface area contributed by atoms with Crippen LogP contribution in [-0.2, 0) is 0 Å². The predicted molar refractivity (Wildman–Crippen MR) is 103 cm³/mol. The molecule has 4 aromatic rings. The molecule has 1 heterocycles. The first-order chi connectivity index (χ1) is 13.1. The second kappa shape index (κ2) is 6.57. The molecule has 0 aliphatic carbocycles. The molecule has 136 valence electrons. The number of phenols is 1. The zero-order valence-corrected chi connectivity index (χ0v) is 14.6. The topological polar surface area (TPSA) is 97.7 Å². The van der Waals surface area contributed by atoms with Crippen molar-refractivity contribution in [3.8, 4) is 11.5 Å². The molecule has 6 heteroatoms. The van der Waals surface area contributed by atoms with Gasteiger partial charge in [-0.2, -0.15) is 0 Å². The number of furan rings is 1. The van der Waals surface area contributed by atoms with Gasteiger partial charge in [0.15, 0.2) is 0 Å². The number of hydrogen-bond donors (Lipinski definition) is 3. The van der Waals surface area contributed by atoms with Crippen LogP contribution in [0.25, 0.3) is 21.9 Å². The quantitative estimate of drug-likeness (QED) is 0.510. The highest BCUT2D eigenvalue weighted by molar-refractivity contribution is 6.08. The van der Waals surface area contributed by atoms with Crippen LogP contribution in [0.4, 0.5) is 4.79 Å². The number of rotatable bonds is 4. The number of methoxy groups -OCH3 is 1. The van der Waals surface area contributed by atoms with E-state index in [0.717, 1.165) is 16.3 Å². The zero-order chi connectivity index (χ0) is 19.0. The van der Waals surface area contributed by atoms with Gasteiger partial charge in [-0.1, -0.05) is 30.3 Å². The second-order valence-electron chi connectivity index (χ2n) is 6.18. The molecule has 0 bridgehead atoms. The lowest BCUT2D eigenvalue weighted by Crippen LogP contribution is -2.33. The number of urea groups is 1. The van der Waals surface area contributed by atoms with Crippen molar-refractivity contribution in [3.05, 3.63) is 71.8 Å². The normalized spacial score (nSPS) is 12.2. The molecular weight excluding hydrogens is 344 g/mol. The van der Waals surface area contributed by atoms with Gasteiger partial charge in [-0.05, 0) is 35.9 Å². The first kappa shape index (κ1) is 16.8. The highest BCUT2D eigenvalue weighted by atomic mass is 16.5. The van der Waals surface area contributed by atoms with Crippen LogP contribution < -0.4 is 15.8 Å². The standard InChI is InChI=1S/C21H18N2O4/c1-26-13-8-6-12(7-9-13)20(23-21(22)25)19-15(24)10-11-17-18(19)14-4-2-3-5-16(14)27-17/h2-11,20,24H,1H3,(H3,22,23,25). The lowest BCUT2D eigenvalue weighted by Gasteiger charge is -2.21. The summed E-state index contributed by atoms with van der Waals surface area (Å²) in [6.07, 6.45) is 0. The Morgan fingerprint density at radius 2 is 1.81 bits per heavy atom. The van der Waals surface area contributed by atoms with Gasteiger partial charge in [-0.15, -0.1) is 0 Å². The molecule has 6 nitrogen and oxygen atoms in total. The first-order valence-electron chi connectivity index (χ1n) is 8.41. The molecule has 1 unspecified atom stereocenters. The van der Waals surface area contributed by atoms with Gasteiger partial charge >= 0.3 is 6.03 Å². The Kier molecular flexibility index (Phi) is 4.08. The molecular formula is C21H18N2O4. The van der Waals surface area contributed by atoms with Crippen LogP contribution in [0, 0.1) is 0 Å². The van der Waals surface area contributed by atoms with E-state index in [1.54, 1.807) is 31.4 Å². The average molecular weight is 362 g/mol. The highest BCUT2D eigenvalue weighted by Gasteiger charge is 2.24. The predicted octanol–water partition coefficient (Wildman–Crippen LogP) is 4.06. The van der Waals surface area contributed by atoms with Crippen LogP contribution in [0.2, 0.25) is 0 Å². The van der Waals surface area contributed by atoms with Crippen molar-refractivity contribution in [1.29, 1.82) is 0 Å². The number of nitrogens with two attached hydrogens (primary N) is 1. The number of fused-ring (bicyclic) bond motifs is 3. The molecule has 0 radical (unpaired) electrons. The van der Waals surface area contributed by atoms with Crippen molar-refractivity contribution in [2.75, 3.05) is 7.11 Å². The van der Waals surface area contributed by atoms with Crippen LogP contribution in [0.5, 0.6) is 11.5 Å². The van der Waals surface area contributed by atoms with E-state index in [-0.39, 0.29) is 5.75 Å². The summed E-state index contributed by atoms with van der Waals surface area (Å²) < 4.78 is 11.1. The maximum Gasteiger partial charge on any atom is 0.312 e. The van der Waals surface area contributed by atoms with E-state index in [1.807, 2.05) is 36.4 Å². The van der Waals surface area contributed by atoms with E-state index in [9.17, 15) is 9.90 Å². The van der Waals surface area contributed by atoms with Gasteiger partial charge < -0.3 is 25.3 Å². The van der Waals surface area contributed by atoms with Crippen molar-refractivity contribution in [1.82, 2.24) is 5.32 Å². The maximum absolute atomic E-state index is 11.7. The van der Waals surface area contributed by atoms with E-state index >= 15 is 0 Å². The number of benzene rings is 3. The summed E-state index contributed by atoms with van der Waals surface area (Å²) in [5.74, 6) is 0.733. The molecule has 4 N–H and O–H groups in total. The third-order valence-electron chi connectivity index (χ3n) is 4.58. The summed E-state index contributed by atoms with van der Waals surface area (Å²) in [5, 5.41) is 15.0. The number of ether oxygens (including phenoxy) is 1. The number of phenolic OH excluding ortho intramolecular Hbond substituents is 1. The molecule has 3 aromatic carbocycles. The van der Waals surface area contributed by atoms with Crippen LogP contribution >= 0.6 is 0 Å². The molecule has 0 saturated carbocycles. The van der Waals surface area contributed by atoms with Gasteiger partial charge in [0.25, 0.3) is 0 Å². The van der Waals surface area contributed by atoms with Gasteiger partial charge in [0, 0.05) is 16.3 Å². The number of primary amides is 1. The number of aromatic hydroxyl groups is 1. The Morgan fingerprint density at radius 3 is 2.52 bits per heavy atom. The fourth-order valence-corrected chi connectivity index (χ4v) is 3.39. The SMILES string of the molecule is COc1ccc(C(NC(N)=O)c2c(O)ccc3oc4ccccc4c23)cc1. The minimum absolute atomic E-state index is 0.0450. The number of carbonyl (C=O) groups excluding carboxylic acids is 1. The first-order valence-corrected chi connectivity index (χ1v) is 8.41. The van der Waals surface area contributed by atoms with Crippen molar-refractivity contribution < 1.29 is 19.1 Å². The monoisotopic (exact) mass is 362 g/mol. The van der Waals surface area contributed by atoms with Crippen LogP contribution in [0.1, 0.15) is 17.2 Å². The summed E-state index contributed by atoms with van der Waals surface area (Å²) >= 11 is 0. The Morgan fingerprint density at radius 1 is 1.07 bits per heavy atom. The molecule has 27 heavy (non-hydrogen) atoms. The Balaban J connectivity index is 1.99. The van der Waals surface area contributed by atoms with Crippen molar-refractivity contribution in [2.45, 2.75) is 6.04 Å². The molecule has 0 aliphatic rings. The maximum atomic E-state index is 11.7. The number of carbonyl (C=O) groups is 1. The minimum atomic E-state index is -0.694. The fourth-order valence-electron chi connectivity index (χ4n) is 3.39. The van der Waals surface area contributed by atoms with Crippen molar-refractivity contribution >= 4 is 28.0 Å². The summed E-state index contributed by atoms with van der Waals surface area (Å²) in [4.78, 5) is 11.7. The van der Waals surface area contributed by atoms with Crippen LogP contribution in [0.15, 0.2) is 65.1 Å². The van der Waals surface area contributed by atoms with Crippen LogP contribution in [-0.4, -0.2) is 18.2 Å². The number of amides is 2. The van der Waals surface area contributed by atoms with E-state index in [4.69, 9.17) is 14.9 Å². The van der Waals surface area contributed by atoms with Crippen molar-refractivity contribution in [2.24, 2.45) is 5.73 Å². The molecule has 0 saturated heterocycles. The van der Waals surface area contributed by atoms with Gasteiger partial charge in [-0.25, -0.2) is 4.79 Å². The summed E-state index contributed by atoms with van der Waals surface area (Å²) in [7, 11) is 1.58. The molecule has 0 aliphatic heterocycles. The van der Waals surface area contributed by atoms with E-state index in [0.29, 0.717) is 22.5 Å². The number of para-hydroxylation sites is 1. The van der Waals surface area contributed by atoms with Gasteiger partial charge in [0.05, 0.1) is 13.2 Å². The van der Waals surface area contributed by atoms with Gasteiger partial charge in [0.1, 0.15) is 22.7 Å². The minimum Gasteiger partial charge on any atom is -0.508 e. The molecule has 1 aromatic heterocycles. The summed E-state index contributed by atoms with van der Waals surface area (Å²) in [6.45, 7) is 0. The largest absolute Gasteiger partial charge is 0.508 e. The lowest BCUT2D eigenvalue weighted by atomic mass is 9.93. The molecule has 2 amide bonds. The van der Waals surface area contributed by atoms with E-state index in [2.05, 4.69) is 5.32 Å². The second-order valence-corrected chi connectivity index (χ2v) is 6.18. The molecule has 0 spiro atoms. The third-order valence-corrected chi connectivity index (χ3v) is 4.58. The fraction of sp³-hybridized carbons (Fsp3) is 0.0952. The smallest absolute Gasteiger partial charge is 0.312 e. The molecule has 1 atom stereocenters. The number of nitrogens with one attached hydrogen (secondary N) is 1. The van der Waals surface area contributed by atoms with E-state index < -0.39 is 12.1 Å². The lowest BCUT2D eigenvalue weighted by molar-refractivity contribution is 0.247. The summed E-state index contributed by atoms with van der Waals surface area (Å²) in [5.41, 5.74) is 8.03. The van der Waals surface area contributed by atoms with Crippen LogP contribution in [0.3, 0.4) is 0 Å². The van der Waals surface area contributed by atoms with Crippen molar-refractivity contribution in [3.63, 3.8) is 0 Å². The molecule has 4 rings (SSSR count). The van der Waals surface area contributed by atoms with Gasteiger partial charge in [0.2, 0.25) is 0 Å². The average Bonchev–Trinajstić information content (AvgIpc) is 3.05. The van der Waals surface area contributed by atoms with Gasteiger partial charge in [-0.3, -0.25) is 0 Å². The summed E-state index contributed by atoms with van der Waals surface area (Å²) in [6, 6.07) is 16.7. The highest BCUT2D eigenvalue weighted by Crippen LogP contribution is 2.41. The Labute approximate surface area is 155 Å².